The summed E-state index contributed by atoms with van der Waals surface area (Å²) in [7, 11) is 0. The molecule has 1 fully saturated rings. The molecule has 1 amide bonds. The Morgan fingerprint density at radius 2 is 1.75 bits per heavy atom. The summed E-state index contributed by atoms with van der Waals surface area (Å²) in [4.78, 5) is 16.6. The number of amides is 1. The van der Waals surface area contributed by atoms with Crippen molar-refractivity contribution in [2.45, 2.75) is 20.3 Å². The molecule has 1 saturated heterocycles. The topological polar surface area (TPSA) is 23.6 Å². The Balaban J connectivity index is 1.58. The zero-order chi connectivity index (χ0) is 17.1. The molecule has 0 unspecified atom stereocenters. The first kappa shape index (κ1) is 16.5. The normalized spacial score (nSPS) is 14.8. The highest BCUT2D eigenvalue weighted by Crippen LogP contribution is 2.20. The Morgan fingerprint density at radius 1 is 1.00 bits per heavy atom. The molecule has 0 N–H and O–H groups in total. The van der Waals surface area contributed by atoms with E-state index in [0.717, 1.165) is 18.7 Å². The Hall–Kier alpha value is -2.36. The fourth-order valence-electron chi connectivity index (χ4n) is 3.07. The van der Waals surface area contributed by atoms with Crippen LogP contribution in [0.5, 0.6) is 0 Å². The molecule has 126 valence electrons. The second kappa shape index (κ2) is 7.04. The standard InChI is InChI=1S/C20H23FN2O/c1-15-6-7-19(12-16(15)2)22-8-10-23(11-9-22)20(24)14-17-4-3-5-18(21)13-17/h3-7,12-13H,8-11,14H2,1-2H3. The lowest BCUT2D eigenvalue weighted by Gasteiger charge is -2.36. The predicted octanol–water partition coefficient (Wildman–Crippen LogP) is 3.33. The van der Waals surface area contributed by atoms with Crippen LogP contribution in [0.4, 0.5) is 10.1 Å². The van der Waals surface area contributed by atoms with Crippen LogP contribution in [0.1, 0.15) is 16.7 Å². The summed E-state index contributed by atoms with van der Waals surface area (Å²) in [6.45, 7) is 7.32. The molecule has 0 atom stereocenters. The van der Waals surface area contributed by atoms with Crippen LogP contribution in [0, 0.1) is 19.7 Å². The van der Waals surface area contributed by atoms with Crippen LogP contribution >= 0.6 is 0 Å². The van der Waals surface area contributed by atoms with Gasteiger partial charge in [0.1, 0.15) is 5.82 Å². The first-order chi connectivity index (χ1) is 11.5. The average Bonchev–Trinajstić information content (AvgIpc) is 2.57. The first-order valence-corrected chi connectivity index (χ1v) is 8.37. The molecule has 0 bridgehead atoms. The summed E-state index contributed by atoms with van der Waals surface area (Å²) in [5.74, 6) is -0.222. The van der Waals surface area contributed by atoms with E-state index in [1.54, 1.807) is 12.1 Å². The van der Waals surface area contributed by atoms with E-state index in [0.29, 0.717) is 13.1 Å². The number of aryl methyl sites for hydroxylation is 2. The lowest BCUT2D eigenvalue weighted by Crippen LogP contribution is -2.49. The predicted molar refractivity (Wildman–Crippen MR) is 94.8 cm³/mol. The van der Waals surface area contributed by atoms with Gasteiger partial charge < -0.3 is 9.80 Å². The van der Waals surface area contributed by atoms with Crippen molar-refractivity contribution in [1.82, 2.24) is 4.90 Å². The van der Waals surface area contributed by atoms with Gasteiger partial charge in [0.2, 0.25) is 5.91 Å². The maximum atomic E-state index is 13.2. The summed E-state index contributed by atoms with van der Waals surface area (Å²) in [6, 6.07) is 12.8. The Labute approximate surface area is 142 Å². The Bertz CT molecular complexity index is 736. The third-order valence-corrected chi connectivity index (χ3v) is 4.73. The van der Waals surface area contributed by atoms with Crippen molar-refractivity contribution in [2.75, 3.05) is 31.1 Å². The largest absolute Gasteiger partial charge is 0.368 e. The van der Waals surface area contributed by atoms with Gasteiger partial charge in [0.25, 0.3) is 0 Å². The highest BCUT2D eigenvalue weighted by molar-refractivity contribution is 5.79. The molecule has 3 rings (SSSR count). The Morgan fingerprint density at radius 3 is 2.42 bits per heavy atom. The zero-order valence-electron chi connectivity index (χ0n) is 14.3. The maximum absolute atomic E-state index is 13.2. The second-order valence-corrected chi connectivity index (χ2v) is 6.44. The molecule has 24 heavy (non-hydrogen) atoms. The van der Waals surface area contributed by atoms with E-state index in [2.05, 4.69) is 36.9 Å². The zero-order valence-corrected chi connectivity index (χ0v) is 14.3. The van der Waals surface area contributed by atoms with Crippen molar-refractivity contribution in [1.29, 1.82) is 0 Å². The molecule has 0 aliphatic carbocycles. The number of piperazine rings is 1. The monoisotopic (exact) mass is 326 g/mol. The minimum Gasteiger partial charge on any atom is -0.368 e. The van der Waals surface area contributed by atoms with Crippen molar-refractivity contribution in [3.63, 3.8) is 0 Å². The lowest BCUT2D eigenvalue weighted by atomic mass is 10.1. The minimum absolute atomic E-state index is 0.0698. The van der Waals surface area contributed by atoms with E-state index in [4.69, 9.17) is 0 Å². The van der Waals surface area contributed by atoms with Gasteiger partial charge in [-0.3, -0.25) is 4.79 Å². The molecule has 1 aliphatic heterocycles. The van der Waals surface area contributed by atoms with Crippen LogP contribution in [0.25, 0.3) is 0 Å². The van der Waals surface area contributed by atoms with Gasteiger partial charge >= 0.3 is 0 Å². The molecular weight excluding hydrogens is 303 g/mol. The smallest absolute Gasteiger partial charge is 0.227 e. The van der Waals surface area contributed by atoms with Crippen LogP contribution in [0.15, 0.2) is 42.5 Å². The van der Waals surface area contributed by atoms with Gasteiger partial charge in [0.05, 0.1) is 6.42 Å². The first-order valence-electron chi connectivity index (χ1n) is 8.37. The molecule has 0 saturated carbocycles. The molecule has 0 spiro atoms. The van der Waals surface area contributed by atoms with Crippen molar-refractivity contribution >= 4 is 11.6 Å². The number of halogens is 1. The fourth-order valence-corrected chi connectivity index (χ4v) is 3.07. The molecule has 1 aliphatic rings. The second-order valence-electron chi connectivity index (χ2n) is 6.44. The van der Waals surface area contributed by atoms with Gasteiger partial charge in [0.15, 0.2) is 0 Å². The molecule has 2 aromatic carbocycles. The summed E-state index contributed by atoms with van der Waals surface area (Å²) in [5.41, 5.74) is 4.53. The molecular formula is C20H23FN2O. The van der Waals surface area contributed by atoms with Crippen molar-refractivity contribution < 1.29 is 9.18 Å². The van der Waals surface area contributed by atoms with Gasteiger partial charge in [-0.2, -0.15) is 0 Å². The number of rotatable bonds is 3. The number of nitrogens with zero attached hydrogens (tertiary/aromatic N) is 2. The summed E-state index contributed by atoms with van der Waals surface area (Å²) in [6.07, 6.45) is 0.265. The third-order valence-electron chi connectivity index (χ3n) is 4.73. The van der Waals surface area contributed by atoms with Gasteiger partial charge in [-0.05, 0) is 54.8 Å². The number of benzene rings is 2. The van der Waals surface area contributed by atoms with Crippen molar-refractivity contribution in [2.24, 2.45) is 0 Å². The molecule has 0 radical (unpaired) electrons. The quantitative estimate of drug-likeness (QED) is 0.864. The van der Waals surface area contributed by atoms with Crippen LogP contribution < -0.4 is 4.90 Å². The lowest BCUT2D eigenvalue weighted by molar-refractivity contribution is -0.130. The number of carbonyl (C=O) groups is 1. The average molecular weight is 326 g/mol. The van der Waals surface area contributed by atoms with Crippen LogP contribution in [0.2, 0.25) is 0 Å². The van der Waals surface area contributed by atoms with Crippen LogP contribution in [-0.2, 0) is 11.2 Å². The third kappa shape index (κ3) is 3.75. The Kier molecular flexibility index (Phi) is 4.84. The van der Waals surface area contributed by atoms with E-state index < -0.39 is 0 Å². The van der Waals surface area contributed by atoms with Crippen molar-refractivity contribution in [3.8, 4) is 0 Å². The van der Waals surface area contributed by atoms with Gasteiger partial charge in [0, 0.05) is 31.9 Å². The number of carbonyl (C=O) groups excluding carboxylic acids is 1. The maximum Gasteiger partial charge on any atom is 0.227 e. The van der Waals surface area contributed by atoms with E-state index in [1.165, 1.54) is 28.9 Å². The van der Waals surface area contributed by atoms with Gasteiger partial charge in [-0.15, -0.1) is 0 Å². The number of anilines is 1. The summed E-state index contributed by atoms with van der Waals surface area (Å²) >= 11 is 0. The van der Waals surface area contributed by atoms with Crippen LogP contribution in [-0.4, -0.2) is 37.0 Å². The van der Waals surface area contributed by atoms with Crippen molar-refractivity contribution in [3.05, 3.63) is 65.0 Å². The molecule has 0 aromatic heterocycles. The van der Waals surface area contributed by atoms with E-state index in [9.17, 15) is 9.18 Å². The number of hydrogen-bond acceptors (Lipinski definition) is 2. The van der Waals surface area contributed by atoms with Crippen LogP contribution in [0.3, 0.4) is 0 Å². The highest BCUT2D eigenvalue weighted by Gasteiger charge is 2.21. The summed E-state index contributed by atoms with van der Waals surface area (Å²) < 4.78 is 13.2. The minimum atomic E-state index is -0.292. The molecule has 4 heteroatoms. The van der Waals surface area contributed by atoms with Gasteiger partial charge in [-0.25, -0.2) is 4.39 Å². The van der Waals surface area contributed by atoms with E-state index >= 15 is 0 Å². The SMILES string of the molecule is Cc1ccc(N2CCN(C(=O)Cc3cccc(F)c3)CC2)cc1C. The summed E-state index contributed by atoms with van der Waals surface area (Å²) in [5, 5.41) is 0. The van der Waals surface area contributed by atoms with E-state index in [-0.39, 0.29) is 18.1 Å². The highest BCUT2D eigenvalue weighted by atomic mass is 19.1. The van der Waals surface area contributed by atoms with Gasteiger partial charge in [-0.1, -0.05) is 18.2 Å². The molecule has 1 heterocycles. The molecule has 2 aromatic rings. The number of hydrogen-bond donors (Lipinski definition) is 0. The fraction of sp³-hybridized carbons (Fsp3) is 0.350. The molecule has 3 nitrogen and oxygen atoms in total. The van der Waals surface area contributed by atoms with E-state index in [1.807, 2.05) is 4.90 Å².